The average molecular weight is 249 g/mol. The molecule has 1 aromatic rings. The molecule has 1 unspecified atom stereocenters. The number of benzene rings is 1. The number of alkyl halides is 3. The molecule has 0 aliphatic rings. The van der Waals surface area contributed by atoms with Gasteiger partial charge < -0.3 is 5.73 Å². The third kappa shape index (κ3) is 4.73. The highest BCUT2D eigenvalue weighted by molar-refractivity contribution is 5.16. The van der Waals surface area contributed by atoms with Crippen LogP contribution < -0.4 is 5.73 Å². The van der Waals surface area contributed by atoms with Gasteiger partial charge in [0.05, 0.1) is 5.92 Å². The van der Waals surface area contributed by atoms with E-state index in [1.165, 1.54) is 24.3 Å². The molecule has 0 amide bonds. The SMILES string of the molecule is NCCC(CCc1ccc(F)cc1)C(F)(F)F. The van der Waals surface area contributed by atoms with Crippen LogP contribution in [0.25, 0.3) is 0 Å². The molecule has 0 spiro atoms. The second-order valence-electron chi connectivity index (χ2n) is 3.98. The Kier molecular flexibility index (Phi) is 4.93. The number of hydrogen-bond donors (Lipinski definition) is 1. The zero-order valence-electron chi connectivity index (χ0n) is 9.30. The van der Waals surface area contributed by atoms with Gasteiger partial charge in [0.2, 0.25) is 0 Å². The van der Waals surface area contributed by atoms with E-state index in [9.17, 15) is 17.6 Å². The van der Waals surface area contributed by atoms with Crippen molar-refractivity contribution in [1.82, 2.24) is 0 Å². The molecule has 0 aromatic heterocycles. The van der Waals surface area contributed by atoms with E-state index in [4.69, 9.17) is 5.73 Å². The number of aryl methyl sites for hydroxylation is 1. The summed E-state index contributed by atoms with van der Waals surface area (Å²) in [6, 6.07) is 5.51. The molecule has 96 valence electrons. The molecule has 1 rings (SSSR count). The molecule has 0 saturated heterocycles. The minimum absolute atomic E-state index is 0.00761. The predicted octanol–water partition coefficient (Wildman–Crippen LogP) is 3.29. The summed E-state index contributed by atoms with van der Waals surface area (Å²) >= 11 is 0. The summed E-state index contributed by atoms with van der Waals surface area (Å²) in [5.41, 5.74) is 5.87. The fraction of sp³-hybridized carbons (Fsp3) is 0.500. The van der Waals surface area contributed by atoms with Crippen LogP contribution in [0.3, 0.4) is 0 Å². The van der Waals surface area contributed by atoms with Gasteiger partial charge in [-0.15, -0.1) is 0 Å². The zero-order valence-corrected chi connectivity index (χ0v) is 9.30. The van der Waals surface area contributed by atoms with E-state index in [0.29, 0.717) is 5.56 Å². The van der Waals surface area contributed by atoms with Crippen LogP contribution in [0.15, 0.2) is 24.3 Å². The van der Waals surface area contributed by atoms with Crippen molar-refractivity contribution in [3.63, 3.8) is 0 Å². The van der Waals surface area contributed by atoms with Crippen LogP contribution in [0.1, 0.15) is 18.4 Å². The third-order valence-electron chi connectivity index (χ3n) is 2.67. The van der Waals surface area contributed by atoms with Gasteiger partial charge >= 0.3 is 6.18 Å². The van der Waals surface area contributed by atoms with E-state index in [2.05, 4.69) is 0 Å². The first-order valence-corrected chi connectivity index (χ1v) is 5.44. The quantitative estimate of drug-likeness (QED) is 0.796. The molecule has 0 bridgehead atoms. The number of halogens is 4. The molecule has 0 radical (unpaired) electrons. The lowest BCUT2D eigenvalue weighted by molar-refractivity contribution is -0.177. The van der Waals surface area contributed by atoms with Crippen LogP contribution in [0.5, 0.6) is 0 Å². The van der Waals surface area contributed by atoms with Crippen molar-refractivity contribution in [2.75, 3.05) is 6.54 Å². The van der Waals surface area contributed by atoms with Gasteiger partial charge in [0, 0.05) is 0 Å². The first-order chi connectivity index (χ1) is 7.93. The summed E-state index contributed by atoms with van der Waals surface area (Å²) in [7, 11) is 0. The highest BCUT2D eigenvalue weighted by Crippen LogP contribution is 2.32. The molecule has 1 atom stereocenters. The zero-order chi connectivity index (χ0) is 12.9. The lowest BCUT2D eigenvalue weighted by Crippen LogP contribution is -2.26. The van der Waals surface area contributed by atoms with Crippen molar-refractivity contribution in [3.05, 3.63) is 35.6 Å². The van der Waals surface area contributed by atoms with Gasteiger partial charge in [0.15, 0.2) is 0 Å². The van der Waals surface area contributed by atoms with Crippen LogP contribution in [-0.4, -0.2) is 12.7 Å². The lowest BCUT2D eigenvalue weighted by atomic mass is 9.96. The highest BCUT2D eigenvalue weighted by atomic mass is 19.4. The summed E-state index contributed by atoms with van der Waals surface area (Å²) in [6.45, 7) is 0.0214. The Morgan fingerprint density at radius 2 is 1.65 bits per heavy atom. The van der Waals surface area contributed by atoms with Gasteiger partial charge in [-0.3, -0.25) is 0 Å². The molecular formula is C12H15F4N. The minimum Gasteiger partial charge on any atom is -0.330 e. The fourth-order valence-electron chi connectivity index (χ4n) is 1.66. The number of nitrogens with two attached hydrogens (primary N) is 1. The standard InChI is InChI=1S/C12H15F4N/c13-11-5-2-9(3-6-11)1-4-10(7-8-17)12(14,15)16/h2-3,5-6,10H,1,4,7-8,17H2. The molecule has 0 fully saturated rings. The molecule has 0 saturated carbocycles. The van der Waals surface area contributed by atoms with Gasteiger partial charge in [-0.25, -0.2) is 4.39 Å². The highest BCUT2D eigenvalue weighted by Gasteiger charge is 2.38. The van der Waals surface area contributed by atoms with Crippen LogP contribution >= 0.6 is 0 Å². The normalized spacial score (nSPS) is 13.7. The second kappa shape index (κ2) is 6.00. The second-order valence-corrected chi connectivity index (χ2v) is 3.98. The Morgan fingerprint density at radius 3 is 2.12 bits per heavy atom. The summed E-state index contributed by atoms with van der Waals surface area (Å²) in [6.07, 6.45) is -4.00. The van der Waals surface area contributed by atoms with E-state index in [-0.39, 0.29) is 31.6 Å². The maximum absolute atomic E-state index is 12.6. The van der Waals surface area contributed by atoms with Crippen LogP contribution in [0, 0.1) is 11.7 Å². The molecule has 0 aliphatic carbocycles. The molecule has 2 N–H and O–H groups in total. The van der Waals surface area contributed by atoms with Crippen molar-refractivity contribution >= 4 is 0 Å². The van der Waals surface area contributed by atoms with Crippen molar-refractivity contribution < 1.29 is 17.6 Å². The molecule has 1 aromatic carbocycles. The minimum atomic E-state index is -4.21. The van der Waals surface area contributed by atoms with Gasteiger partial charge in [-0.05, 0) is 43.5 Å². The van der Waals surface area contributed by atoms with Crippen molar-refractivity contribution in [2.45, 2.75) is 25.4 Å². The van der Waals surface area contributed by atoms with Crippen molar-refractivity contribution in [2.24, 2.45) is 11.7 Å². The maximum Gasteiger partial charge on any atom is 0.391 e. The Bertz CT molecular complexity index is 331. The Hall–Kier alpha value is -1.10. The Morgan fingerprint density at radius 1 is 1.06 bits per heavy atom. The van der Waals surface area contributed by atoms with Crippen molar-refractivity contribution in [3.8, 4) is 0 Å². The Balaban J connectivity index is 2.54. The van der Waals surface area contributed by atoms with E-state index in [1.54, 1.807) is 0 Å². The van der Waals surface area contributed by atoms with Gasteiger partial charge in [-0.1, -0.05) is 12.1 Å². The molecule has 1 nitrogen and oxygen atoms in total. The van der Waals surface area contributed by atoms with Crippen LogP contribution in [0.4, 0.5) is 17.6 Å². The van der Waals surface area contributed by atoms with E-state index in [0.717, 1.165) is 0 Å². The molecule has 17 heavy (non-hydrogen) atoms. The third-order valence-corrected chi connectivity index (χ3v) is 2.67. The largest absolute Gasteiger partial charge is 0.391 e. The summed E-state index contributed by atoms with van der Waals surface area (Å²) in [5.74, 6) is -1.76. The van der Waals surface area contributed by atoms with E-state index >= 15 is 0 Å². The fourth-order valence-corrected chi connectivity index (χ4v) is 1.66. The van der Waals surface area contributed by atoms with Crippen LogP contribution in [0.2, 0.25) is 0 Å². The predicted molar refractivity (Wildman–Crippen MR) is 57.9 cm³/mol. The van der Waals surface area contributed by atoms with E-state index < -0.39 is 12.1 Å². The summed E-state index contributed by atoms with van der Waals surface area (Å²) < 4.78 is 50.3. The van der Waals surface area contributed by atoms with Crippen LogP contribution in [-0.2, 0) is 6.42 Å². The topological polar surface area (TPSA) is 26.0 Å². The first-order valence-electron chi connectivity index (χ1n) is 5.44. The Labute approximate surface area is 97.6 Å². The van der Waals surface area contributed by atoms with Crippen molar-refractivity contribution in [1.29, 1.82) is 0 Å². The molecule has 0 aliphatic heterocycles. The summed E-state index contributed by atoms with van der Waals surface area (Å²) in [4.78, 5) is 0. The maximum atomic E-state index is 12.6. The van der Waals surface area contributed by atoms with E-state index in [1.807, 2.05) is 0 Å². The van der Waals surface area contributed by atoms with Gasteiger partial charge in [-0.2, -0.15) is 13.2 Å². The molecule has 0 heterocycles. The van der Waals surface area contributed by atoms with Gasteiger partial charge in [0.25, 0.3) is 0 Å². The average Bonchev–Trinajstić information content (AvgIpc) is 2.25. The smallest absolute Gasteiger partial charge is 0.330 e. The number of hydrogen-bond acceptors (Lipinski definition) is 1. The molecular weight excluding hydrogens is 234 g/mol. The first kappa shape index (κ1) is 14.0. The monoisotopic (exact) mass is 249 g/mol. The molecule has 5 heteroatoms. The summed E-state index contributed by atoms with van der Waals surface area (Å²) in [5, 5.41) is 0. The van der Waals surface area contributed by atoms with Gasteiger partial charge in [0.1, 0.15) is 5.82 Å². The lowest BCUT2D eigenvalue weighted by Gasteiger charge is -2.19. The number of rotatable bonds is 5.